The predicted octanol–water partition coefficient (Wildman–Crippen LogP) is 7.41. The lowest BCUT2D eigenvalue weighted by atomic mass is 10.1. The summed E-state index contributed by atoms with van der Waals surface area (Å²) in [4.78, 5) is -0.258. The number of rotatable bonds is 12. The molecule has 7 aromatic carbocycles. The molecule has 22 nitrogen and oxygen atoms in total. The number of nitrogens with zero attached hydrogens (tertiary/aromatic N) is 6. The number of nitrogens with one attached hydrogen (secondary N) is 2. The quantitative estimate of drug-likeness (QED) is 0.0271. The molecule has 3 heterocycles. The van der Waals surface area contributed by atoms with Gasteiger partial charge in [0.25, 0.3) is 40.5 Å². The molecule has 69 heavy (non-hydrogen) atoms. The van der Waals surface area contributed by atoms with Crippen molar-refractivity contribution in [3.05, 3.63) is 126 Å². The molecule has 0 aliphatic carbocycles. The second kappa shape index (κ2) is 16.0. The average Bonchev–Trinajstić information content (AvgIpc) is 3.75. The van der Waals surface area contributed by atoms with Crippen LogP contribution in [0.2, 0.25) is 0 Å². The highest BCUT2D eigenvalue weighted by molar-refractivity contribution is 7.86. The van der Waals surface area contributed by atoms with Crippen LogP contribution < -0.4 is 15.8 Å². The summed E-state index contributed by atoms with van der Waals surface area (Å²) in [5.41, 5.74) is 6.11. The molecule has 27 heteroatoms. The fraction of sp³-hybridized carbons (Fsp3) is 0.0476. The van der Waals surface area contributed by atoms with Crippen molar-refractivity contribution >= 4 is 125 Å². The molecule has 0 amide bonds. The Labute approximate surface area is 392 Å². The molecule has 9 aromatic rings. The first-order valence-corrected chi connectivity index (χ1v) is 26.7. The van der Waals surface area contributed by atoms with Crippen LogP contribution in [0.1, 0.15) is 16.7 Å². The fourth-order valence-electron chi connectivity index (χ4n) is 8.22. The Bertz CT molecular complexity index is 4240. The van der Waals surface area contributed by atoms with E-state index in [0.29, 0.717) is 44.3 Å². The van der Waals surface area contributed by atoms with E-state index in [2.05, 4.69) is 21.0 Å². The van der Waals surface area contributed by atoms with E-state index < -0.39 is 61.3 Å². The van der Waals surface area contributed by atoms with E-state index in [-0.39, 0.29) is 54.9 Å². The second-order valence-corrected chi connectivity index (χ2v) is 22.2. The van der Waals surface area contributed by atoms with E-state index >= 15 is 0 Å². The molecule has 1 unspecified atom stereocenters. The van der Waals surface area contributed by atoms with Crippen LogP contribution in [0.3, 0.4) is 0 Å². The summed E-state index contributed by atoms with van der Waals surface area (Å²) in [6, 6.07) is 25.7. The minimum Gasteiger partial charge on any atom is -0.364 e. The number of hydrogen-bond donors (Lipinski definition) is 7. The Kier molecular flexibility index (Phi) is 10.6. The highest BCUT2D eigenvalue weighted by Gasteiger charge is 2.30. The molecule has 10 rings (SSSR count). The van der Waals surface area contributed by atoms with E-state index in [1.54, 1.807) is 68.5 Å². The van der Waals surface area contributed by atoms with E-state index in [4.69, 9.17) is 0 Å². The number of fused-ring (bicyclic) bond motifs is 9. The molecule has 7 N–H and O–H groups in total. The number of aryl methyl sites for hydroxylation is 1. The van der Waals surface area contributed by atoms with Gasteiger partial charge < -0.3 is 9.87 Å². The van der Waals surface area contributed by atoms with Crippen LogP contribution in [0.5, 0.6) is 0 Å². The van der Waals surface area contributed by atoms with Gasteiger partial charge in [0, 0.05) is 16.2 Å². The van der Waals surface area contributed by atoms with Crippen LogP contribution in [0, 0.1) is 6.92 Å². The molecule has 0 saturated carbocycles. The molecule has 354 valence electrons. The lowest BCUT2D eigenvalue weighted by molar-refractivity contribution is 0.480. The van der Waals surface area contributed by atoms with Gasteiger partial charge in [-0.1, -0.05) is 60.7 Å². The van der Waals surface area contributed by atoms with Crippen molar-refractivity contribution < 1.29 is 60.6 Å². The van der Waals surface area contributed by atoms with Crippen LogP contribution in [0.15, 0.2) is 144 Å². The highest BCUT2D eigenvalue weighted by Crippen LogP contribution is 2.42. The largest absolute Gasteiger partial charge is 0.364 e. The monoisotopic (exact) mass is 1030 g/mol. The van der Waals surface area contributed by atoms with Gasteiger partial charge >= 0.3 is 0 Å². The van der Waals surface area contributed by atoms with Gasteiger partial charge in [0.15, 0.2) is 11.1 Å². The molecule has 0 radical (unpaired) electrons. The maximum Gasteiger partial charge on any atom is 0.295 e. The summed E-state index contributed by atoms with van der Waals surface area (Å²) in [5.74, 6) is 0. The van der Waals surface area contributed by atoms with Gasteiger partial charge in [-0.3, -0.25) is 28.6 Å². The Morgan fingerprint density at radius 2 is 1.33 bits per heavy atom. The van der Waals surface area contributed by atoms with E-state index in [1.807, 2.05) is 0 Å². The van der Waals surface area contributed by atoms with Crippen molar-refractivity contribution in [2.24, 2.45) is 10.2 Å². The van der Waals surface area contributed by atoms with Gasteiger partial charge in [-0.2, -0.15) is 43.9 Å². The molecule has 0 spiro atoms. The molecular weight excluding hydrogens is 1000 g/mol. The zero-order valence-electron chi connectivity index (χ0n) is 34.9. The minimum atomic E-state index is -4.95. The summed E-state index contributed by atoms with van der Waals surface area (Å²) in [7, 11) is -18.9. The van der Waals surface area contributed by atoms with Gasteiger partial charge in [0.1, 0.15) is 38.1 Å². The third-order valence-electron chi connectivity index (χ3n) is 11.3. The number of azo groups is 1. The molecule has 1 aliphatic rings. The second-order valence-electron chi connectivity index (χ2n) is 15.6. The molecule has 0 fully saturated rings. The van der Waals surface area contributed by atoms with Gasteiger partial charge in [0.2, 0.25) is 0 Å². The number of benzene rings is 7. The summed E-state index contributed by atoms with van der Waals surface area (Å²) in [5, 5.41) is 14.8. The summed E-state index contributed by atoms with van der Waals surface area (Å²) in [6.45, 7) is 1.73. The van der Waals surface area contributed by atoms with E-state index in [0.717, 1.165) is 17.6 Å². The highest BCUT2D eigenvalue weighted by atomic mass is 32.2. The minimum absolute atomic E-state index is 0.0652. The van der Waals surface area contributed by atoms with Crippen LogP contribution >= 0.6 is 0 Å². The smallest absolute Gasteiger partial charge is 0.295 e. The number of aromatic nitrogens is 3. The number of hydrogen-bond acceptors (Lipinski definition) is 14. The first-order chi connectivity index (χ1) is 32.5. The van der Waals surface area contributed by atoms with Crippen molar-refractivity contribution in [1.29, 1.82) is 0 Å². The van der Waals surface area contributed by atoms with E-state index in [1.165, 1.54) is 66.7 Å². The molecule has 2 aromatic heterocycles. The van der Waals surface area contributed by atoms with E-state index in [9.17, 15) is 60.6 Å². The van der Waals surface area contributed by atoms with Crippen LogP contribution in [0.4, 0.5) is 28.4 Å². The van der Waals surface area contributed by atoms with Crippen LogP contribution in [-0.2, 0) is 51.6 Å². The lowest BCUT2D eigenvalue weighted by Crippen LogP contribution is -2.29. The Balaban J connectivity index is 0.925. The summed E-state index contributed by atoms with van der Waals surface area (Å²) >= 11 is -2.55. The topological polar surface area (TPSA) is 321 Å². The fourth-order valence-corrected chi connectivity index (χ4v) is 11.4. The number of hydrazine groups is 1. The van der Waals surface area contributed by atoms with Crippen molar-refractivity contribution in [3.63, 3.8) is 0 Å². The molecule has 1 atom stereocenters. The van der Waals surface area contributed by atoms with Crippen molar-refractivity contribution in [2.75, 3.05) is 22.4 Å². The third-order valence-corrected chi connectivity index (χ3v) is 15.6. The lowest BCUT2D eigenvalue weighted by Gasteiger charge is -2.22. The average molecular weight is 1030 g/mol. The Hall–Kier alpha value is -7.05. The molecule has 0 saturated heterocycles. The van der Waals surface area contributed by atoms with Crippen LogP contribution in [0.25, 0.3) is 50.4 Å². The molecular formula is C42H32N8O14S5. The van der Waals surface area contributed by atoms with Crippen molar-refractivity contribution in [2.45, 2.75) is 31.4 Å². The number of anilines is 3. The maximum atomic E-state index is 12.7. The van der Waals surface area contributed by atoms with Crippen molar-refractivity contribution in [3.8, 4) is 5.69 Å². The van der Waals surface area contributed by atoms with Gasteiger partial charge in [-0.05, 0) is 89.7 Å². The normalized spacial score (nSPS) is 14.3. The first kappa shape index (κ1) is 45.7. The molecule has 0 bridgehead atoms. The standard InChI is InChI=1S/C42H32N8O14S5/c1-23-16-36(49-48-35-15-10-26-17-29(66(53,54)55)13-14-30(26)42(35)50(48)49)37(65(51)52)20-33(23)45-44-27-11-8-24(38(18-27)67(56,57)58)6-7-25-9-12-28(19-39(25)68(59,60)61)46-47-22-43-34-21-40(69(62,63)64)31-4-2-3-5-32(31)41(34)47/h2-21,43,46H,22H2,1H3,(H,51,52)(H,53,54,55)(H,56,57,58)(H,59,60,61)(H,62,63,64). The third kappa shape index (κ3) is 8.18. The SMILES string of the molecule is Cc1cc(-n2n3c4ccc5cc(S(=O)(=O)O)ccc5c4n23)c(S(=O)O)cc1N=Nc1ccc(C=Cc2ccc(NN3CNc4cc(S(=O)(=O)O)c5ccccc5c43)cc2S(=O)(=O)O)c(S(=O)(=O)O)c1. The summed E-state index contributed by atoms with van der Waals surface area (Å²) in [6.07, 6.45) is 2.39. The Morgan fingerprint density at radius 3 is 2.00 bits per heavy atom. The first-order valence-electron chi connectivity index (χ1n) is 19.8. The Morgan fingerprint density at radius 1 is 0.667 bits per heavy atom. The van der Waals surface area contributed by atoms with Gasteiger partial charge in [0.05, 0.1) is 38.2 Å². The van der Waals surface area contributed by atoms with Gasteiger partial charge in [-0.25, -0.2) is 4.21 Å². The predicted molar refractivity (Wildman–Crippen MR) is 254 cm³/mol. The van der Waals surface area contributed by atoms with Gasteiger partial charge in [-0.15, -0.1) is 14.1 Å². The summed E-state index contributed by atoms with van der Waals surface area (Å²) < 4.78 is 165. The van der Waals surface area contributed by atoms with Crippen LogP contribution in [-0.4, -0.2) is 81.4 Å². The molecule has 1 aliphatic heterocycles. The van der Waals surface area contributed by atoms with Crippen molar-refractivity contribution in [1.82, 2.24) is 14.1 Å². The zero-order chi connectivity index (χ0) is 49.1. The maximum absolute atomic E-state index is 12.7. The zero-order valence-corrected chi connectivity index (χ0v) is 39.0.